The molecule has 2 heterocycles. The van der Waals surface area contributed by atoms with Crippen molar-refractivity contribution in [1.82, 2.24) is 9.55 Å². The van der Waals surface area contributed by atoms with Crippen LogP contribution in [-0.4, -0.2) is 21.1 Å². The van der Waals surface area contributed by atoms with Gasteiger partial charge in [0.25, 0.3) is 5.56 Å². The van der Waals surface area contributed by atoms with Crippen LogP contribution in [0, 0.1) is 0 Å². The first-order chi connectivity index (χ1) is 17.6. The van der Waals surface area contributed by atoms with Gasteiger partial charge in [-0.2, -0.15) is 0 Å². The predicted molar refractivity (Wildman–Crippen MR) is 142 cm³/mol. The van der Waals surface area contributed by atoms with E-state index in [0.29, 0.717) is 32.7 Å². The summed E-state index contributed by atoms with van der Waals surface area (Å²) in [6, 6.07) is 29.2. The van der Waals surface area contributed by atoms with Gasteiger partial charge < -0.3 is 4.42 Å². The molecule has 0 bridgehead atoms. The highest BCUT2D eigenvalue weighted by atomic mass is 32.2. The van der Waals surface area contributed by atoms with Crippen LogP contribution in [0.5, 0.6) is 0 Å². The van der Waals surface area contributed by atoms with Crippen molar-refractivity contribution in [3.05, 3.63) is 123 Å². The van der Waals surface area contributed by atoms with Crippen LogP contribution in [0.15, 0.2) is 116 Å². The predicted octanol–water partition coefficient (Wildman–Crippen LogP) is 5.62. The summed E-state index contributed by atoms with van der Waals surface area (Å²) in [7, 11) is 0. The molecule has 0 aliphatic heterocycles. The standard InChI is InChI=1S/C29H18N2O4S/c32-25(23-16-22-20-11-5-4-8-18(20)14-15-26(22)35-28(23)34)17-36-29-30-24-13-7-6-12-21(24)27(33)31(29)19-9-2-1-3-10-19/h1-16H,17H2. The molecule has 0 N–H and O–H groups in total. The third-order valence-electron chi connectivity index (χ3n) is 6.03. The van der Waals surface area contributed by atoms with Crippen LogP contribution < -0.4 is 11.2 Å². The second-order valence-corrected chi connectivity index (χ2v) is 9.19. The minimum atomic E-state index is -0.685. The van der Waals surface area contributed by atoms with E-state index in [4.69, 9.17) is 4.42 Å². The molecule has 2 aromatic heterocycles. The lowest BCUT2D eigenvalue weighted by atomic mass is 10.0. The van der Waals surface area contributed by atoms with E-state index in [0.717, 1.165) is 22.5 Å². The maximum Gasteiger partial charge on any atom is 0.347 e. The Labute approximate surface area is 208 Å². The van der Waals surface area contributed by atoms with Gasteiger partial charge in [-0.05, 0) is 47.2 Å². The summed E-state index contributed by atoms with van der Waals surface area (Å²) in [6.45, 7) is 0. The molecule has 0 aliphatic rings. The van der Waals surface area contributed by atoms with E-state index in [1.165, 1.54) is 4.57 Å². The molecule has 0 amide bonds. The number of rotatable bonds is 5. The van der Waals surface area contributed by atoms with Crippen LogP contribution in [0.1, 0.15) is 10.4 Å². The topological polar surface area (TPSA) is 82.2 Å². The maximum absolute atomic E-state index is 13.3. The number of carbonyl (C=O) groups excluding carboxylic acids is 1. The Morgan fingerprint density at radius 2 is 1.53 bits per heavy atom. The SMILES string of the molecule is O=C(CSc1nc2ccccc2c(=O)n1-c1ccccc1)c1cc2c(ccc3ccccc32)oc1=O. The van der Waals surface area contributed by atoms with Gasteiger partial charge in [-0.15, -0.1) is 0 Å². The summed E-state index contributed by atoms with van der Waals surface area (Å²) in [6.07, 6.45) is 0. The van der Waals surface area contributed by atoms with E-state index in [-0.39, 0.29) is 16.9 Å². The zero-order valence-corrected chi connectivity index (χ0v) is 19.7. The first-order valence-electron chi connectivity index (χ1n) is 11.3. The summed E-state index contributed by atoms with van der Waals surface area (Å²) >= 11 is 1.11. The van der Waals surface area contributed by atoms with Crippen LogP contribution in [0.4, 0.5) is 0 Å². The lowest BCUT2D eigenvalue weighted by Gasteiger charge is -2.13. The van der Waals surface area contributed by atoms with Crippen molar-refractivity contribution in [2.24, 2.45) is 0 Å². The summed E-state index contributed by atoms with van der Waals surface area (Å²) in [5, 5.41) is 3.44. The highest BCUT2D eigenvalue weighted by Crippen LogP contribution is 2.26. The van der Waals surface area contributed by atoms with Crippen molar-refractivity contribution in [2.45, 2.75) is 5.16 Å². The molecule has 6 aromatic rings. The lowest BCUT2D eigenvalue weighted by Crippen LogP contribution is -2.22. The van der Waals surface area contributed by atoms with Gasteiger partial charge in [-0.25, -0.2) is 9.78 Å². The van der Waals surface area contributed by atoms with E-state index in [9.17, 15) is 14.4 Å². The molecule has 0 fully saturated rings. The lowest BCUT2D eigenvalue weighted by molar-refractivity contribution is 0.101. The quantitative estimate of drug-likeness (QED) is 0.103. The Morgan fingerprint density at radius 1 is 0.806 bits per heavy atom. The van der Waals surface area contributed by atoms with E-state index in [1.807, 2.05) is 66.7 Å². The molecule has 0 atom stereocenters. The molecule has 6 rings (SSSR count). The zero-order chi connectivity index (χ0) is 24.6. The second-order valence-electron chi connectivity index (χ2n) is 8.25. The molecular formula is C29H18N2O4S. The number of ketones is 1. The minimum Gasteiger partial charge on any atom is -0.422 e. The Kier molecular flexibility index (Phi) is 5.47. The van der Waals surface area contributed by atoms with Crippen molar-refractivity contribution < 1.29 is 9.21 Å². The monoisotopic (exact) mass is 490 g/mol. The Bertz CT molecular complexity index is 1910. The molecule has 0 saturated carbocycles. The van der Waals surface area contributed by atoms with Gasteiger partial charge in [0, 0.05) is 5.39 Å². The van der Waals surface area contributed by atoms with Crippen LogP contribution >= 0.6 is 11.8 Å². The second kappa shape index (κ2) is 8.94. The number of aromatic nitrogens is 2. The Hall–Kier alpha value is -4.49. The molecule has 0 saturated heterocycles. The van der Waals surface area contributed by atoms with Gasteiger partial charge in [-0.1, -0.05) is 72.4 Å². The fourth-order valence-electron chi connectivity index (χ4n) is 4.29. The molecule has 0 spiro atoms. The van der Waals surface area contributed by atoms with Gasteiger partial charge in [0.1, 0.15) is 11.1 Å². The van der Waals surface area contributed by atoms with Gasteiger partial charge in [0.05, 0.1) is 22.3 Å². The number of Topliss-reactive ketones (excluding diaryl/α,β-unsaturated/α-hetero) is 1. The summed E-state index contributed by atoms with van der Waals surface area (Å²) in [5.74, 6) is -0.482. The highest BCUT2D eigenvalue weighted by Gasteiger charge is 2.18. The van der Waals surface area contributed by atoms with Gasteiger partial charge in [0.2, 0.25) is 0 Å². The number of hydrogen-bond donors (Lipinski definition) is 0. The minimum absolute atomic E-state index is 0.0271. The summed E-state index contributed by atoms with van der Waals surface area (Å²) < 4.78 is 6.98. The Morgan fingerprint density at radius 3 is 2.36 bits per heavy atom. The smallest absolute Gasteiger partial charge is 0.347 e. The van der Waals surface area contributed by atoms with E-state index >= 15 is 0 Å². The van der Waals surface area contributed by atoms with E-state index in [2.05, 4.69) is 4.98 Å². The van der Waals surface area contributed by atoms with Gasteiger partial charge in [-0.3, -0.25) is 14.2 Å². The van der Waals surface area contributed by atoms with E-state index < -0.39 is 11.4 Å². The first kappa shape index (κ1) is 22.0. The average Bonchev–Trinajstić information content (AvgIpc) is 2.92. The highest BCUT2D eigenvalue weighted by molar-refractivity contribution is 7.99. The molecule has 4 aromatic carbocycles. The number of thioether (sulfide) groups is 1. The number of fused-ring (bicyclic) bond motifs is 4. The largest absolute Gasteiger partial charge is 0.422 e. The normalized spacial score (nSPS) is 11.3. The van der Waals surface area contributed by atoms with Crippen LogP contribution in [0.3, 0.4) is 0 Å². The molecule has 0 aliphatic carbocycles. The van der Waals surface area contributed by atoms with Crippen LogP contribution in [-0.2, 0) is 0 Å². The van der Waals surface area contributed by atoms with Crippen molar-refractivity contribution in [2.75, 3.05) is 5.75 Å². The number of benzene rings is 4. The molecule has 174 valence electrons. The fraction of sp³-hybridized carbons (Fsp3) is 0.0345. The average molecular weight is 491 g/mol. The third-order valence-corrected chi connectivity index (χ3v) is 6.97. The number of hydrogen-bond acceptors (Lipinski definition) is 6. The molecule has 6 nitrogen and oxygen atoms in total. The van der Waals surface area contributed by atoms with Gasteiger partial charge >= 0.3 is 5.63 Å². The van der Waals surface area contributed by atoms with E-state index in [1.54, 1.807) is 30.3 Å². The van der Waals surface area contributed by atoms with Crippen molar-refractivity contribution in [3.8, 4) is 5.69 Å². The number of para-hydroxylation sites is 2. The molecule has 36 heavy (non-hydrogen) atoms. The summed E-state index contributed by atoms with van der Waals surface area (Å²) in [5.41, 5.74) is 0.681. The molecule has 0 unspecified atom stereocenters. The fourth-order valence-corrected chi connectivity index (χ4v) is 5.18. The maximum atomic E-state index is 13.3. The zero-order valence-electron chi connectivity index (χ0n) is 18.9. The van der Waals surface area contributed by atoms with Gasteiger partial charge in [0.15, 0.2) is 10.9 Å². The molecule has 7 heteroatoms. The van der Waals surface area contributed by atoms with Crippen molar-refractivity contribution in [3.63, 3.8) is 0 Å². The van der Waals surface area contributed by atoms with Crippen LogP contribution in [0.25, 0.3) is 38.3 Å². The molecule has 0 radical (unpaired) electrons. The summed E-state index contributed by atoms with van der Waals surface area (Å²) in [4.78, 5) is 43.9. The first-order valence-corrected chi connectivity index (χ1v) is 12.3. The number of carbonyl (C=O) groups is 1. The van der Waals surface area contributed by atoms with Crippen molar-refractivity contribution >= 4 is 50.2 Å². The van der Waals surface area contributed by atoms with Crippen LogP contribution in [0.2, 0.25) is 0 Å². The third kappa shape index (κ3) is 3.79. The Balaban J connectivity index is 1.41. The number of nitrogens with zero attached hydrogens (tertiary/aromatic N) is 2. The van der Waals surface area contributed by atoms with Crippen molar-refractivity contribution in [1.29, 1.82) is 0 Å². The molecular weight excluding hydrogens is 472 g/mol.